The van der Waals surface area contributed by atoms with Crippen LogP contribution in [0.3, 0.4) is 0 Å². The van der Waals surface area contributed by atoms with Crippen molar-refractivity contribution >= 4 is 29.3 Å². The van der Waals surface area contributed by atoms with Crippen LogP contribution < -0.4 is 15.4 Å². The van der Waals surface area contributed by atoms with Crippen LogP contribution in [0.15, 0.2) is 85.1 Å². The number of ether oxygens (including phenoxy) is 1. The highest BCUT2D eigenvalue weighted by Crippen LogP contribution is 2.28. The van der Waals surface area contributed by atoms with Crippen molar-refractivity contribution in [3.8, 4) is 22.7 Å². The van der Waals surface area contributed by atoms with Gasteiger partial charge in [0, 0.05) is 36.0 Å². The fourth-order valence-corrected chi connectivity index (χ4v) is 3.58. The molecule has 7 nitrogen and oxygen atoms in total. The Kier molecular flexibility index (Phi) is 7.07. The van der Waals surface area contributed by atoms with Crippen molar-refractivity contribution in [3.05, 3.63) is 96.2 Å². The number of methoxy groups -OCH3 is 1. The summed E-state index contributed by atoms with van der Waals surface area (Å²) in [6.07, 6.45) is 5.09. The van der Waals surface area contributed by atoms with Crippen LogP contribution >= 0.6 is 0 Å². The number of benzene rings is 3. The first-order chi connectivity index (χ1) is 16.9. The third-order valence-corrected chi connectivity index (χ3v) is 5.28. The largest absolute Gasteiger partial charge is 0.495 e. The van der Waals surface area contributed by atoms with Gasteiger partial charge in [-0.3, -0.25) is 9.59 Å². The van der Waals surface area contributed by atoms with E-state index in [1.54, 1.807) is 29.0 Å². The first-order valence-corrected chi connectivity index (χ1v) is 11.1. The van der Waals surface area contributed by atoms with Crippen molar-refractivity contribution in [1.82, 2.24) is 9.78 Å². The zero-order valence-electron chi connectivity index (χ0n) is 19.8. The molecule has 0 fully saturated rings. The lowest BCUT2D eigenvalue weighted by Gasteiger charge is -2.11. The van der Waals surface area contributed by atoms with Gasteiger partial charge in [-0.25, -0.2) is 4.68 Å². The molecule has 1 aromatic heterocycles. The van der Waals surface area contributed by atoms with Crippen molar-refractivity contribution in [2.45, 2.75) is 13.8 Å². The zero-order valence-corrected chi connectivity index (χ0v) is 19.8. The summed E-state index contributed by atoms with van der Waals surface area (Å²) in [6, 6.07) is 22.9. The van der Waals surface area contributed by atoms with Crippen molar-refractivity contribution in [3.63, 3.8) is 0 Å². The molecule has 0 radical (unpaired) electrons. The number of nitrogens with one attached hydrogen (secondary N) is 2. The number of carbonyl (C=O) groups is 2. The van der Waals surface area contributed by atoms with E-state index in [-0.39, 0.29) is 11.8 Å². The van der Waals surface area contributed by atoms with Gasteiger partial charge in [0.25, 0.3) is 0 Å². The molecule has 3 aromatic carbocycles. The third kappa shape index (κ3) is 5.83. The number of aryl methyl sites for hydroxylation is 1. The van der Waals surface area contributed by atoms with Crippen molar-refractivity contribution in [1.29, 1.82) is 0 Å². The molecular weight excluding hydrogens is 440 g/mol. The molecule has 0 atom stereocenters. The van der Waals surface area contributed by atoms with Gasteiger partial charge < -0.3 is 15.4 Å². The van der Waals surface area contributed by atoms with E-state index >= 15 is 0 Å². The van der Waals surface area contributed by atoms with Crippen LogP contribution in [0.4, 0.5) is 11.4 Å². The maximum absolute atomic E-state index is 12.8. The van der Waals surface area contributed by atoms with Crippen LogP contribution in [0.1, 0.15) is 18.1 Å². The van der Waals surface area contributed by atoms with Gasteiger partial charge in [0.1, 0.15) is 5.75 Å². The Labute approximate surface area is 204 Å². The summed E-state index contributed by atoms with van der Waals surface area (Å²) in [7, 11) is 1.52. The minimum atomic E-state index is -0.342. The molecule has 0 aliphatic carbocycles. The summed E-state index contributed by atoms with van der Waals surface area (Å²) in [5.74, 6) is -0.0601. The molecule has 7 heteroatoms. The summed E-state index contributed by atoms with van der Waals surface area (Å²) < 4.78 is 7.14. The molecule has 176 valence electrons. The second kappa shape index (κ2) is 10.5. The molecule has 0 bridgehead atoms. The minimum Gasteiger partial charge on any atom is -0.495 e. The molecule has 4 aromatic rings. The lowest BCUT2D eigenvalue weighted by molar-refractivity contribution is -0.114. The molecule has 0 spiro atoms. The number of nitrogens with zero attached hydrogens (tertiary/aromatic N) is 2. The van der Waals surface area contributed by atoms with Gasteiger partial charge in [0.15, 0.2) is 0 Å². The number of hydrogen-bond acceptors (Lipinski definition) is 4. The van der Waals surface area contributed by atoms with E-state index in [0.29, 0.717) is 17.1 Å². The molecular formula is C28H26N4O3. The van der Waals surface area contributed by atoms with Crippen LogP contribution in [0, 0.1) is 6.92 Å². The highest BCUT2D eigenvalue weighted by Gasteiger charge is 2.12. The standard InChI is InChI=1S/C28H26N4O3/c1-19-9-11-21(12-10-19)28-22(18-32(31-28)24-7-5-4-6-8-24)13-16-27(34)30-25-17-23(29-20(2)33)14-15-26(25)35-3/h4-18H,1-3H3,(H,29,33)(H,30,34)/b16-13+. The van der Waals surface area contributed by atoms with E-state index in [9.17, 15) is 9.59 Å². The van der Waals surface area contributed by atoms with Gasteiger partial charge in [0.2, 0.25) is 11.8 Å². The second-order valence-corrected chi connectivity index (χ2v) is 8.00. The predicted octanol–water partition coefficient (Wildman–Crippen LogP) is 5.47. The molecule has 0 aliphatic rings. The molecule has 0 saturated carbocycles. The monoisotopic (exact) mass is 466 g/mol. The Morgan fingerprint density at radius 3 is 2.40 bits per heavy atom. The molecule has 0 unspecified atom stereocenters. The Bertz CT molecular complexity index is 1370. The Balaban J connectivity index is 1.63. The first-order valence-electron chi connectivity index (χ1n) is 11.1. The molecule has 2 N–H and O–H groups in total. The average molecular weight is 467 g/mol. The normalized spacial score (nSPS) is 10.8. The second-order valence-electron chi connectivity index (χ2n) is 8.00. The van der Waals surface area contributed by atoms with Crippen LogP contribution in [0.25, 0.3) is 23.0 Å². The SMILES string of the molecule is COc1ccc(NC(C)=O)cc1NC(=O)/C=C/c1cn(-c2ccccc2)nc1-c1ccc(C)cc1. The van der Waals surface area contributed by atoms with Gasteiger partial charge in [-0.05, 0) is 43.3 Å². The number of anilines is 2. The van der Waals surface area contributed by atoms with Crippen LogP contribution in [0.5, 0.6) is 5.75 Å². The van der Waals surface area contributed by atoms with E-state index in [1.807, 2.05) is 67.7 Å². The van der Waals surface area contributed by atoms with Gasteiger partial charge >= 0.3 is 0 Å². The van der Waals surface area contributed by atoms with Crippen molar-refractivity contribution in [2.24, 2.45) is 0 Å². The number of rotatable bonds is 7. The van der Waals surface area contributed by atoms with Gasteiger partial charge in [-0.2, -0.15) is 5.10 Å². The molecule has 35 heavy (non-hydrogen) atoms. The summed E-state index contributed by atoms with van der Waals surface area (Å²) in [5, 5.41) is 10.3. The fraction of sp³-hybridized carbons (Fsp3) is 0.107. The number of aromatic nitrogens is 2. The lowest BCUT2D eigenvalue weighted by atomic mass is 10.1. The highest BCUT2D eigenvalue weighted by molar-refractivity contribution is 6.03. The summed E-state index contributed by atoms with van der Waals surface area (Å²) >= 11 is 0. The van der Waals surface area contributed by atoms with E-state index in [2.05, 4.69) is 10.6 Å². The number of para-hydroxylation sites is 1. The van der Waals surface area contributed by atoms with Gasteiger partial charge in [0.05, 0.1) is 24.2 Å². The highest BCUT2D eigenvalue weighted by atomic mass is 16.5. The molecule has 2 amide bonds. The predicted molar refractivity (Wildman–Crippen MR) is 139 cm³/mol. The van der Waals surface area contributed by atoms with Gasteiger partial charge in [-0.1, -0.05) is 48.0 Å². The zero-order chi connectivity index (χ0) is 24.8. The molecule has 0 saturated heterocycles. The summed E-state index contributed by atoms with van der Waals surface area (Å²) in [4.78, 5) is 24.2. The van der Waals surface area contributed by atoms with Crippen molar-refractivity contribution < 1.29 is 14.3 Å². The topological polar surface area (TPSA) is 85.3 Å². The average Bonchev–Trinajstić information content (AvgIpc) is 3.28. The summed E-state index contributed by atoms with van der Waals surface area (Å²) in [5.41, 5.74) is 5.60. The molecule has 1 heterocycles. The van der Waals surface area contributed by atoms with Crippen molar-refractivity contribution in [2.75, 3.05) is 17.7 Å². The van der Waals surface area contributed by atoms with E-state index in [0.717, 1.165) is 28.1 Å². The number of amides is 2. The van der Waals surface area contributed by atoms with E-state index in [1.165, 1.54) is 20.1 Å². The molecule has 4 rings (SSSR count). The number of hydrogen-bond donors (Lipinski definition) is 2. The summed E-state index contributed by atoms with van der Waals surface area (Å²) in [6.45, 7) is 3.46. The van der Waals surface area contributed by atoms with E-state index < -0.39 is 0 Å². The molecule has 0 aliphatic heterocycles. The maximum Gasteiger partial charge on any atom is 0.248 e. The van der Waals surface area contributed by atoms with Crippen LogP contribution in [0.2, 0.25) is 0 Å². The van der Waals surface area contributed by atoms with E-state index in [4.69, 9.17) is 9.84 Å². The Morgan fingerprint density at radius 1 is 0.971 bits per heavy atom. The Hall–Kier alpha value is -4.65. The maximum atomic E-state index is 12.8. The minimum absolute atomic E-state index is 0.202. The van der Waals surface area contributed by atoms with Crippen LogP contribution in [-0.2, 0) is 9.59 Å². The Morgan fingerprint density at radius 2 is 1.71 bits per heavy atom. The first kappa shape index (κ1) is 23.5. The third-order valence-electron chi connectivity index (χ3n) is 5.28. The quantitative estimate of drug-likeness (QED) is 0.354. The lowest BCUT2D eigenvalue weighted by Crippen LogP contribution is -2.10. The van der Waals surface area contributed by atoms with Gasteiger partial charge in [-0.15, -0.1) is 0 Å². The number of carbonyl (C=O) groups excluding carboxylic acids is 2. The smallest absolute Gasteiger partial charge is 0.248 e. The van der Waals surface area contributed by atoms with Crippen LogP contribution in [-0.4, -0.2) is 28.7 Å². The fourth-order valence-electron chi connectivity index (χ4n) is 3.58.